The molecule has 2 aromatic carbocycles. The Balaban J connectivity index is 1.99. The second-order valence-electron chi connectivity index (χ2n) is 4.36. The molecule has 0 bridgehead atoms. The first-order valence-electron chi connectivity index (χ1n) is 6.35. The third-order valence-electron chi connectivity index (χ3n) is 2.91. The van der Waals surface area contributed by atoms with Crippen LogP contribution in [-0.2, 0) is 11.2 Å². The van der Waals surface area contributed by atoms with Gasteiger partial charge in [-0.25, -0.2) is 4.79 Å². The van der Waals surface area contributed by atoms with Crippen LogP contribution in [0, 0.1) is 0 Å². The predicted octanol–water partition coefficient (Wildman–Crippen LogP) is 4.40. The topological polar surface area (TPSA) is 35.5 Å². The molecule has 0 aliphatic carbocycles. The van der Waals surface area contributed by atoms with Gasteiger partial charge in [-0.1, -0.05) is 35.3 Å². The zero-order valence-electron chi connectivity index (χ0n) is 11.4. The van der Waals surface area contributed by atoms with E-state index in [-0.39, 0.29) is 0 Å². The molecule has 110 valence electrons. The van der Waals surface area contributed by atoms with Crippen LogP contribution in [0.5, 0.6) is 5.75 Å². The molecule has 0 aliphatic heterocycles. The molecule has 0 radical (unpaired) electrons. The van der Waals surface area contributed by atoms with Crippen LogP contribution in [0.15, 0.2) is 42.5 Å². The van der Waals surface area contributed by atoms with E-state index in [1.165, 1.54) is 7.11 Å². The van der Waals surface area contributed by atoms with Crippen molar-refractivity contribution in [2.75, 3.05) is 13.7 Å². The van der Waals surface area contributed by atoms with E-state index in [0.717, 1.165) is 12.0 Å². The first-order chi connectivity index (χ1) is 10.1. The molecule has 2 aromatic rings. The van der Waals surface area contributed by atoms with Crippen LogP contribution in [0.4, 0.5) is 0 Å². The van der Waals surface area contributed by atoms with Gasteiger partial charge in [0, 0.05) is 11.4 Å². The molecule has 3 nitrogen and oxygen atoms in total. The van der Waals surface area contributed by atoms with Crippen molar-refractivity contribution < 1.29 is 14.3 Å². The smallest absolute Gasteiger partial charge is 0.337 e. The molecule has 0 spiro atoms. The highest BCUT2D eigenvalue weighted by atomic mass is 35.5. The van der Waals surface area contributed by atoms with E-state index in [2.05, 4.69) is 4.74 Å². The number of hydrogen-bond donors (Lipinski definition) is 0. The summed E-state index contributed by atoms with van der Waals surface area (Å²) >= 11 is 11.9. The van der Waals surface area contributed by atoms with E-state index < -0.39 is 5.97 Å². The number of halogens is 2. The Bertz CT molecular complexity index is 624. The number of rotatable bonds is 5. The summed E-state index contributed by atoms with van der Waals surface area (Å²) in [6.07, 6.45) is 0.718. The molecular weight excluding hydrogens is 311 g/mol. The number of hydrogen-bond acceptors (Lipinski definition) is 3. The Kier molecular flexibility index (Phi) is 5.48. The SMILES string of the molecule is COC(=O)c1ccc(Cl)c(OCCc2ccc(Cl)cc2)c1. The Morgan fingerprint density at radius 2 is 1.81 bits per heavy atom. The van der Waals surface area contributed by atoms with Crippen LogP contribution < -0.4 is 4.74 Å². The van der Waals surface area contributed by atoms with E-state index in [1.807, 2.05) is 24.3 Å². The number of carbonyl (C=O) groups excluding carboxylic acids is 1. The summed E-state index contributed by atoms with van der Waals surface area (Å²) in [6, 6.07) is 12.3. The van der Waals surface area contributed by atoms with Crippen molar-refractivity contribution in [1.29, 1.82) is 0 Å². The molecule has 0 aromatic heterocycles. The van der Waals surface area contributed by atoms with Crippen molar-refractivity contribution in [2.24, 2.45) is 0 Å². The molecule has 2 rings (SSSR count). The number of ether oxygens (including phenoxy) is 2. The maximum atomic E-state index is 11.5. The van der Waals surface area contributed by atoms with Gasteiger partial charge < -0.3 is 9.47 Å². The van der Waals surface area contributed by atoms with Crippen LogP contribution in [-0.4, -0.2) is 19.7 Å². The van der Waals surface area contributed by atoms with Crippen LogP contribution in [0.3, 0.4) is 0 Å². The van der Waals surface area contributed by atoms with E-state index in [4.69, 9.17) is 27.9 Å². The van der Waals surface area contributed by atoms with Gasteiger partial charge in [0.15, 0.2) is 0 Å². The predicted molar refractivity (Wildman–Crippen MR) is 83.4 cm³/mol. The van der Waals surface area contributed by atoms with E-state index >= 15 is 0 Å². The lowest BCUT2D eigenvalue weighted by Crippen LogP contribution is -2.04. The zero-order chi connectivity index (χ0) is 15.2. The number of methoxy groups -OCH3 is 1. The average Bonchev–Trinajstić information content (AvgIpc) is 2.50. The van der Waals surface area contributed by atoms with Crippen LogP contribution >= 0.6 is 23.2 Å². The van der Waals surface area contributed by atoms with Gasteiger partial charge in [0.25, 0.3) is 0 Å². The second kappa shape index (κ2) is 7.34. The molecule has 21 heavy (non-hydrogen) atoms. The van der Waals surface area contributed by atoms with Gasteiger partial charge in [0.05, 0.1) is 24.3 Å². The summed E-state index contributed by atoms with van der Waals surface area (Å²) in [6.45, 7) is 0.450. The van der Waals surface area contributed by atoms with E-state index in [0.29, 0.717) is 28.0 Å². The van der Waals surface area contributed by atoms with Gasteiger partial charge in [-0.3, -0.25) is 0 Å². The highest BCUT2D eigenvalue weighted by Crippen LogP contribution is 2.26. The Morgan fingerprint density at radius 3 is 2.48 bits per heavy atom. The van der Waals surface area contributed by atoms with Crippen LogP contribution in [0.1, 0.15) is 15.9 Å². The van der Waals surface area contributed by atoms with Crippen LogP contribution in [0.25, 0.3) is 0 Å². The van der Waals surface area contributed by atoms with Gasteiger partial charge in [-0.05, 0) is 35.9 Å². The second-order valence-corrected chi connectivity index (χ2v) is 5.21. The largest absolute Gasteiger partial charge is 0.492 e. The van der Waals surface area contributed by atoms with Gasteiger partial charge in [-0.2, -0.15) is 0 Å². The van der Waals surface area contributed by atoms with Gasteiger partial charge in [-0.15, -0.1) is 0 Å². The lowest BCUT2D eigenvalue weighted by atomic mass is 10.2. The van der Waals surface area contributed by atoms with Crippen molar-refractivity contribution >= 4 is 29.2 Å². The van der Waals surface area contributed by atoms with Gasteiger partial charge in [0.2, 0.25) is 0 Å². The minimum atomic E-state index is -0.422. The zero-order valence-corrected chi connectivity index (χ0v) is 12.9. The fourth-order valence-corrected chi connectivity index (χ4v) is 2.09. The summed E-state index contributed by atoms with van der Waals surface area (Å²) in [7, 11) is 1.33. The van der Waals surface area contributed by atoms with Crippen molar-refractivity contribution in [3.63, 3.8) is 0 Å². The first kappa shape index (κ1) is 15.7. The Labute approximate surface area is 133 Å². The molecule has 0 amide bonds. The Hall–Kier alpha value is -1.71. The minimum Gasteiger partial charge on any atom is -0.492 e. The number of esters is 1. The average molecular weight is 325 g/mol. The minimum absolute atomic E-state index is 0.406. The van der Waals surface area contributed by atoms with Crippen LogP contribution in [0.2, 0.25) is 10.0 Å². The Morgan fingerprint density at radius 1 is 1.10 bits per heavy atom. The van der Waals surface area contributed by atoms with Crippen molar-refractivity contribution in [1.82, 2.24) is 0 Å². The fourth-order valence-electron chi connectivity index (χ4n) is 1.79. The summed E-state index contributed by atoms with van der Waals surface area (Å²) in [5, 5.41) is 1.16. The van der Waals surface area contributed by atoms with Crippen molar-refractivity contribution in [3.05, 3.63) is 63.6 Å². The van der Waals surface area contributed by atoms with E-state index in [1.54, 1.807) is 18.2 Å². The molecular formula is C16H14Cl2O3. The molecule has 0 heterocycles. The quantitative estimate of drug-likeness (QED) is 0.764. The molecule has 0 saturated carbocycles. The molecule has 0 atom stereocenters. The highest BCUT2D eigenvalue weighted by molar-refractivity contribution is 6.32. The summed E-state index contributed by atoms with van der Waals surface area (Å²) in [5.41, 5.74) is 1.52. The molecule has 5 heteroatoms. The number of carbonyl (C=O) groups is 1. The summed E-state index contributed by atoms with van der Waals surface area (Å²) < 4.78 is 10.3. The maximum absolute atomic E-state index is 11.5. The molecule has 0 saturated heterocycles. The first-order valence-corrected chi connectivity index (χ1v) is 7.11. The normalized spacial score (nSPS) is 10.2. The standard InChI is InChI=1S/C16H14Cl2O3/c1-20-16(19)12-4-7-14(18)15(10-12)21-9-8-11-2-5-13(17)6-3-11/h2-7,10H,8-9H2,1H3. The third-order valence-corrected chi connectivity index (χ3v) is 3.48. The lowest BCUT2D eigenvalue weighted by molar-refractivity contribution is 0.0600. The third kappa shape index (κ3) is 4.38. The molecule has 0 fully saturated rings. The molecule has 0 unspecified atom stereocenters. The molecule has 0 aliphatic rings. The molecule has 0 N–H and O–H groups in total. The summed E-state index contributed by atoms with van der Waals surface area (Å²) in [5.74, 6) is 0.0442. The maximum Gasteiger partial charge on any atom is 0.337 e. The monoisotopic (exact) mass is 324 g/mol. The van der Waals surface area contributed by atoms with Gasteiger partial charge in [0.1, 0.15) is 5.75 Å². The summed E-state index contributed by atoms with van der Waals surface area (Å²) in [4.78, 5) is 11.5. The fraction of sp³-hybridized carbons (Fsp3) is 0.188. The van der Waals surface area contributed by atoms with Crippen molar-refractivity contribution in [3.8, 4) is 5.75 Å². The lowest BCUT2D eigenvalue weighted by Gasteiger charge is -2.09. The van der Waals surface area contributed by atoms with Crippen molar-refractivity contribution in [2.45, 2.75) is 6.42 Å². The van der Waals surface area contributed by atoms with Gasteiger partial charge >= 0.3 is 5.97 Å². The highest BCUT2D eigenvalue weighted by Gasteiger charge is 2.09. The number of benzene rings is 2. The van der Waals surface area contributed by atoms with E-state index in [9.17, 15) is 4.79 Å².